The van der Waals surface area contributed by atoms with Crippen molar-refractivity contribution in [2.24, 2.45) is 11.3 Å². The van der Waals surface area contributed by atoms with Gasteiger partial charge in [-0.25, -0.2) is 4.79 Å². The zero-order valence-electron chi connectivity index (χ0n) is 13.3. The lowest BCUT2D eigenvalue weighted by molar-refractivity contribution is -0.136. The maximum absolute atomic E-state index is 12.0. The Morgan fingerprint density at radius 2 is 2.11 bits per heavy atom. The number of esters is 1. The zero-order valence-corrected chi connectivity index (χ0v) is 13.3. The molecule has 0 amide bonds. The highest BCUT2D eigenvalue weighted by atomic mass is 16.5. The second-order valence-electron chi connectivity index (χ2n) is 6.71. The Balaban J connectivity index is 2.94. The maximum Gasteiger partial charge on any atom is 0.335 e. The Labute approximate surface area is 117 Å². The van der Waals surface area contributed by atoms with E-state index in [1.54, 1.807) is 0 Å². The molecule has 1 rings (SSSR count). The summed E-state index contributed by atoms with van der Waals surface area (Å²) in [7, 11) is 1.47. The first-order chi connectivity index (χ1) is 8.79. The molecule has 0 bridgehead atoms. The van der Waals surface area contributed by atoms with Crippen molar-refractivity contribution >= 4 is 5.97 Å². The largest absolute Gasteiger partial charge is 0.466 e. The Bertz CT molecular complexity index is 352. The third-order valence-electron chi connectivity index (χ3n) is 4.25. The van der Waals surface area contributed by atoms with E-state index in [0.717, 1.165) is 37.0 Å². The number of allylic oxidation sites excluding steroid dienone is 1. The van der Waals surface area contributed by atoms with Gasteiger partial charge in [0.15, 0.2) is 0 Å². The van der Waals surface area contributed by atoms with Gasteiger partial charge < -0.3 is 10.1 Å². The van der Waals surface area contributed by atoms with Gasteiger partial charge in [0.25, 0.3) is 0 Å². The summed E-state index contributed by atoms with van der Waals surface area (Å²) in [4.78, 5) is 12.0. The average Bonchev–Trinajstić information content (AvgIpc) is 2.36. The standard InChI is InChI=1S/C16H29NO2/c1-7-11(2)17-14-9-8-12(16(3,4)5)10-13(14)15(18)19-6/h11-12,17H,7-10H2,1-6H3. The Morgan fingerprint density at radius 3 is 2.58 bits per heavy atom. The van der Waals surface area contributed by atoms with Gasteiger partial charge in [-0.2, -0.15) is 0 Å². The molecule has 0 spiro atoms. The second-order valence-corrected chi connectivity index (χ2v) is 6.71. The van der Waals surface area contributed by atoms with Crippen LogP contribution in [0.3, 0.4) is 0 Å². The summed E-state index contributed by atoms with van der Waals surface area (Å²) in [6.07, 6.45) is 3.98. The van der Waals surface area contributed by atoms with Crippen LogP contribution in [-0.4, -0.2) is 19.1 Å². The first-order valence-corrected chi connectivity index (χ1v) is 7.36. The fourth-order valence-corrected chi connectivity index (χ4v) is 2.57. The summed E-state index contributed by atoms with van der Waals surface area (Å²) in [6, 6.07) is 0.404. The van der Waals surface area contributed by atoms with Crippen molar-refractivity contribution in [2.45, 2.75) is 66.3 Å². The van der Waals surface area contributed by atoms with E-state index in [1.807, 2.05) is 0 Å². The number of nitrogens with one attached hydrogen (secondary N) is 1. The van der Waals surface area contributed by atoms with E-state index < -0.39 is 0 Å². The molecule has 0 saturated heterocycles. The van der Waals surface area contributed by atoms with E-state index >= 15 is 0 Å². The molecule has 0 aromatic heterocycles. The van der Waals surface area contributed by atoms with Gasteiger partial charge in [0, 0.05) is 11.7 Å². The molecular formula is C16H29NO2. The molecule has 0 radical (unpaired) electrons. The molecule has 0 aromatic rings. The third-order valence-corrected chi connectivity index (χ3v) is 4.25. The van der Waals surface area contributed by atoms with E-state index in [2.05, 4.69) is 39.9 Å². The van der Waals surface area contributed by atoms with Crippen molar-refractivity contribution in [2.75, 3.05) is 7.11 Å². The van der Waals surface area contributed by atoms with Gasteiger partial charge in [-0.15, -0.1) is 0 Å². The predicted octanol–water partition coefficient (Wildman–Crippen LogP) is 3.65. The van der Waals surface area contributed by atoms with Crippen LogP contribution in [0.2, 0.25) is 0 Å². The van der Waals surface area contributed by atoms with Crippen LogP contribution >= 0.6 is 0 Å². The molecule has 0 fully saturated rings. The first kappa shape index (κ1) is 16.1. The normalized spacial score (nSPS) is 22.1. The number of carbonyl (C=O) groups excluding carboxylic acids is 1. The molecule has 0 saturated carbocycles. The molecule has 2 atom stereocenters. The molecule has 110 valence electrons. The van der Waals surface area contributed by atoms with E-state index in [4.69, 9.17) is 4.74 Å². The van der Waals surface area contributed by atoms with Gasteiger partial charge in [0.05, 0.1) is 12.7 Å². The quantitative estimate of drug-likeness (QED) is 0.790. The van der Waals surface area contributed by atoms with Crippen molar-refractivity contribution in [3.05, 3.63) is 11.3 Å². The Morgan fingerprint density at radius 1 is 1.47 bits per heavy atom. The van der Waals surface area contributed by atoms with Crippen molar-refractivity contribution in [1.82, 2.24) is 5.32 Å². The highest BCUT2D eigenvalue weighted by Crippen LogP contribution is 2.40. The number of hydrogen-bond acceptors (Lipinski definition) is 3. The van der Waals surface area contributed by atoms with Crippen LogP contribution in [0, 0.1) is 11.3 Å². The molecule has 0 aliphatic heterocycles. The van der Waals surface area contributed by atoms with E-state index in [9.17, 15) is 4.79 Å². The van der Waals surface area contributed by atoms with Crippen LogP contribution < -0.4 is 5.32 Å². The van der Waals surface area contributed by atoms with Crippen molar-refractivity contribution in [1.29, 1.82) is 0 Å². The smallest absolute Gasteiger partial charge is 0.335 e. The number of hydrogen-bond donors (Lipinski definition) is 1. The van der Waals surface area contributed by atoms with Crippen LogP contribution in [0.25, 0.3) is 0 Å². The van der Waals surface area contributed by atoms with Crippen LogP contribution in [0.1, 0.15) is 60.3 Å². The van der Waals surface area contributed by atoms with Gasteiger partial charge in [0.1, 0.15) is 0 Å². The highest BCUT2D eigenvalue weighted by Gasteiger charge is 2.33. The molecular weight excluding hydrogens is 238 g/mol. The van der Waals surface area contributed by atoms with Crippen molar-refractivity contribution in [3.8, 4) is 0 Å². The summed E-state index contributed by atoms with van der Waals surface area (Å²) in [5.74, 6) is 0.379. The van der Waals surface area contributed by atoms with Crippen molar-refractivity contribution < 1.29 is 9.53 Å². The first-order valence-electron chi connectivity index (χ1n) is 7.36. The third kappa shape index (κ3) is 4.26. The fourth-order valence-electron chi connectivity index (χ4n) is 2.57. The SMILES string of the molecule is CCC(C)NC1=C(C(=O)OC)CC(C(C)(C)C)CC1. The lowest BCUT2D eigenvalue weighted by Gasteiger charge is -2.36. The minimum absolute atomic E-state index is 0.167. The van der Waals surface area contributed by atoms with Crippen molar-refractivity contribution in [3.63, 3.8) is 0 Å². The monoisotopic (exact) mass is 267 g/mol. The van der Waals surface area contributed by atoms with Gasteiger partial charge in [-0.3, -0.25) is 0 Å². The Hall–Kier alpha value is -0.990. The summed E-state index contributed by atoms with van der Waals surface area (Å²) >= 11 is 0. The number of carbonyl (C=O) groups is 1. The minimum Gasteiger partial charge on any atom is -0.466 e. The molecule has 1 aliphatic rings. The number of ether oxygens (including phenoxy) is 1. The maximum atomic E-state index is 12.0. The summed E-state index contributed by atoms with van der Waals surface area (Å²) in [6.45, 7) is 11.0. The van der Waals surface area contributed by atoms with E-state index in [-0.39, 0.29) is 11.4 Å². The van der Waals surface area contributed by atoms with Crippen LogP contribution in [0.4, 0.5) is 0 Å². The zero-order chi connectivity index (χ0) is 14.6. The molecule has 2 unspecified atom stereocenters. The number of rotatable bonds is 4. The Kier molecular flexibility index (Phi) is 5.45. The predicted molar refractivity (Wildman–Crippen MR) is 78.7 cm³/mol. The van der Waals surface area contributed by atoms with Crippen LogP contribution in [0.5, 0.6) is 0 Å². The second kappa shape index (κ2) is 6.44. The van der Waals surface area contributed by atoms with E-state index in [0.29, 0.717) is 12.0 Å². The lowest BCUT2D eigenvalue weighted by Crippen LogP contribution is -2.33. The van der Waals surface area contributed by atoms with Gasteiger partial charge in [-0.1, -0.05) is 27.7 Å². The van der Waals surface area contributed by atoms with E-state index in [1.165, 1.54) is 7.11 Å². The van der Waals surface area contributed by atoms with Crippen LogP contribution in [-0.2, 0) is 9.53 Å². The van der Waals surface area contributed by atoms with Gasteiger partial charge in [0.2, 0.25) is 0 Å². The van der Waals surface area contributed by atoms with Gasteiger partial charge >= 0.3 is 5.97 Å². The molecule has 19 heavy (non-hydrogen) atoms. The molecule has 3 heteroatoms. The average molecular weight is 267 g/mol. The molecule has 3 nitrogen and oxygen atoms in total. The van der Waals surface area contributed by atoms with Gasteiger partial charge in [-0.05, 0) is 43.9 Å². The number of methoxy groups -OCH3 is 1. The highest BCUT2D eigenvalue weighted by molar-refractivity contribution is 5.89. The summed E-state index contributed by atoms with van der Waals surface area (Å²) in [5.41, 5.74) is 2.19. The fraction of sp³-hybridized carbons (Fsp3) is 0.812. The molecule has 1 N–H and O–H groups in total. The van der Waals surface area contributed by atoms with Crippen LogP contribution in [0.15, 0.2) is 11.3 Å². The lowest BCUT2D eigenvalue weighted by atomic mass is 9.71. The minimum atomic E-state index is -0.167. The molecule has 0 heterocycles. The summed E-state index contributed by atoms with van der Waals surface area (Å²) < 4.78 is 4.96. The molecule has 1 aliphatic carbocycles. The molecule has 0 aromatic carbocycles. The summed E-state index contributed by atoms with van der Waals surface area (Å²) in [5, 5.41) is 3.48. The topological polar surface area (TPSA) is 38.3 Å².